The first-order valence-corrected chi connectivity index (χ1v) is 8.02. The van der Waals surface area contributed by atoms with Crippen LogP contribution in [0.2, 0.25) is 0 Å². The van der Waals surface area contributed by atoms with E-state index < -0.39 is 0 Å². The van der Waals surface area contributed by atoms with Gasteiger partial charge in [0.1, 0.15) is 5.82 Å². The summed E-state index contributed by atoms with van der Waals surface area (Å²) in [5, 5.41) is 0. The lowest BCUT2D eigenvalue weighted by atomic mass is 10.1. The first-order chi connectivity index (χ1) is 9.38. The molecule has 0 N–H and O–H groups in total. The van der Waals surface area contributed by atoms with Gasteiger partial charge in [0.05, 0.1) is 0 Å². The van der Waals surface area contributed by atoms with Gasteiger partial charge in [-0.15, -0.1) is 0 Å². The number of hydrogen-bond donors (Lipinski definition) is 0. The molecule has 0 aliphatic rings. The molecule has 0 saturated carbocycles. The van der Waals surface area contributed by atoms with Gasteiger partial charge in [0.25, 0.3) is 0 Å². The van der Waals surface area contributed by atoms with Crippen LogP contribution in [0, 0.1) is 0 Å². The van der Waals surface area contributed by atoms with E-state index in [1.165, 1.54) is 64.2 Å². The molecule has 0 aromatic carbocycles. The molecule has 0 aliphatic carbocycles. The van der Waals surface area contributed by atoms with Gasteiger partial charge in [-0.1, -0.05) is 71.3 Å². The standard InChI is InChI=1S/C17H30N2/c1-3-5-6-7-8-9-10-11-12-13-14-17-18-15-16-19(17)4-2/h4,15-16H,2-3,5-14H2,1H3. The van der Waals surface area contributed by atoms with Crippen molar-refractivity contribution in [3.63, 3.8) is 0 Å². The van der Waals surface area contributed by atoms with Gasteiger partial charge in [-0.3, -0.25) is 0 Å². The minimum absolute atomic E-state index is 1.08. The molecule has 0 aliphatic heterocycles. The first-order valence-electron chi connectivity index (χ1n) is 8.02. The maximum absolute atomic E-state index is 4.35. The van der Waals surface area contributed by atoms with Crippen LogP contribution >= 0.6 is 0 Å². The molecule has 0 radical (unpaired) electrons. The fraction of sp³-hybridized carbons (Fsp3) is 0.706. The average Bonchev–Trinajstić information content (AvgIpc) is 2.88. The maximum atomic E-state index is 4.35. The Kier molecular flexibility index (Phi) is 9.13. The molecule has 1 rings (SSSR count). The van der Waals surface area contributed by atoms with Crippen molar-refractivity contribution in [2.45, 2.75) is 77.6 Å². The summed E-state index contributed by atoms with van der Waals surface area (Å²) in [4.78, 5) is 4.35. The summed E-state index contributed by atoms with van der Waals surface area (Å²) in [6.07, 6.45) is 20.6. The molecule has 0 bridgehead atoms. The highest BCUT2D eigenvalue weighted by Gasteiger charge is 1.99. The second kappa shape index (κ2) is 10.8. The third-order valence-electron chi connectivity index (χ3n) is 3.70. The van der Waals surface area contributed by atoms with Crippen LogP contribution in [0.25, 0.3) is 6.20 Å². The van der Waals surface area contributed by atoms with Gasteiger partial charge in [0, 0.05) is 25.0 Å². The van der Waals surface area contributed by atoms with Gasteiger partial charge in [-0.05, 0) is 6.42 Å². The average molecular weight is 262 g/mol. The second-order valence-electron chi connectivity index (χ2n) is 5.37. The summed E-state index contributed by atoms with van der Waals surface area (Å²) in [5.74, 6) is 1.15. The van der Waals surface area contributed by atoms with Crippen molar-refractivity contribution in [1.29, 1.82) is 0 Å². The number of hydrogen-bond acceptors (Lipinski definition) is 1. The lowest BCUT2D eigenvalue weighted by molar-refractivity contribution is 0.554. The molecule has 0 saturated heterocycles. The Morgan fingerprint density at radius 1 is 1.00 bits per heavy atom. The van der Waals surface area contributed by atoms with Crippen LogP contribution < -0.4 is 0 Å². The highest BCUT2D eigenvalue weighted by Crippen LogP contribution is 2.12. The zero-order valence-electron chi connectivity index (χ0n) is 12.6. The molecule has 0 unspecified atom stereocenters. The third kappa shape index (κ3) is 7.19. The van der Waals surface area contributed by atoms with Crippen LogP contribution in [0.3, 0.4) is 0 Å². The topological polar surface area (TPSA) is 17.8 Å². The Balaban J connectivity index is 1.90. The number of imidazole rings is 1. The SMILES string of the molecule is C=Cn1ccnc1CCCCCCCCCCCC. The molecule has 1 aromatic heterocycles. The molecule has 0 spiro atoms. The van der Waals surface area contributed by atoms with Crippen LogP contribution in [-0.2, 0) is 6.42 Å². The summed E-state index contributed by atoms with van der Waals surface area (Å²) >= 11 is 0. The first kappa shape index (κ1) is 16.0. The maximum Gasteiger partial charge on any atom is 0.112 e. The fourth-order valence-corrected chi connectivity index (χ4v) is 2.47. The fourth-order valence-electron chi connectivity index (χ4n) is 2.47. The van der Waals surface area contributed by atoms with Crippen LogP contribution in [0.1, 0.15) is 77.0 Å². The van der Waals surface area contributed by atoms with Gasteiger partial charge in [-0.25, -0.2) is 4.98 Å². The molecule has 1 aromatic rings. The predicted molar refractivity (Wildman–Crippen MR) is 84.2 cm³/mol. The second-order valence-corrected chi connectivity index (χ2v) is 5.37. The van der Waals surface area contributed by atoms with Crippen LogP contribution in [0.15, 0.2) is 19.0 Å². The summed E-state index contributed by atoms with van der Waals surface area (Å²) in [6, 6.07) is 0. The zero-order valence-corrected chi connectivity index (χ0v) is 12.6. The van der Waals surface area contributed by atoms with E-state index in [1.54, 1.807) is 0 Å². The zero-order chi connectivity index (χ0) is 13.8. The van der Waals surface area contributed by atoms with Crippen molar-refractivity contribution < 1.29 is 0 Å². The lowest BCUT2D eigenvalue weighted by Gasteiger charge is -2.03. The van der Waals surface area contributed by atoms with E-state index in [-0.39, 0.29) is 0 Å². The van der Waals surface area contributed by atoms with E-state index in [2.05, 4.69) is 18.5 Å². The number of aromatic nitrogens is 2. The van der Waals surface area contributed by atoms with E-state index in [0.717, 1.165) is 12.2 Å². The molecule has 0 atom stereocenters. The molecule has 19 heavy (non-hydrogen) atoms. The minimum Gasteiger partial charge on any atom is -0.311 e. The molecule has 2 nitrogen and oxygen atoms in total. The normalized spacial score (nSPS) is 10.8. The Morgan fingerprint density at radius 2 is 1.58 bits per heavy atom. The predicted octanol–water partition coefficient (Wildman–Crippen LogP) is 5.45. The van der Waals surface area contributed by atoms with Crippen LogP contribution in [0.4, 0.5) is 0 Å². The minimum atomic E-state index is 1.08. The number of aryl methyl sites for hydroxylation is 1. The summed E-state index contributed by atoms with van der Waals surface area (Å²) in [7, 11) is 0. The number of unbranched alkanes of at least 4 members (excludes halogenated alkanes) is 9. The molecule has 2 heteroatoms. The highest BCUT2D eigenvalue weighted by molar-refractivity contribution is 5.19. The van der Waals surface area contributed by atoms with Gasteiger partial charge < -0.3 is 4.57 Å². The smallest absolute Gasteiger partial charge is 0.112 e. The van der Waals surface area contributed by atoms with Crippen LogP contribution in [-0.4, -0.2) is 9.55 Å². The Labute approximate surface area is 118 Å². The Bertz CT molecular complexity index is 328. The molecule has 1 heterocycles. The molecule has 0 fully saturated rings. The largest absolute Gasteiger partial charge is 0.311 e. The summed E-state index contributed by atoms with van der Waals surface area (Å²) in [5.41, 5.74) is 0. The van der Waals surface area contributed by atoms with Gasteiger partial charge in [-0.2, -0.15) is 0 Å². The van der Waals surface area contributed by atoms with E-state index in [4.69, 9.17) is 0 Å². The van der Waals surface area contributed by atoms with Gasteiger partial charge >= 0.3 is 0 Å². The molecular weight excluding hydrogens is 232 g/mol. The van der Waals surface area contributed by atoms with E-state index in [1.807, 2.05) is 23.2 Å². The van der Waals surface area contributed by atoms with Crippen molar-refractivity contribution in [2.24, 2.45) is 0 Å². The monoisotopic (exact) mass is 262 g/mol. The quantitative estimate of drug-likeness (QED) is 0.458. The highest BCUT2D eigenvalue weighted by atomic mass is 15.0. The molecule has 0 amide bonds. The van der Waals surface area contributed by atoms with Crippen molar-refractivity contribution in [3.05, 3.63) is 24.8 Å². The third-order valence-corrected chi connectivity index (χ3v) is 3.70. The molecule has 108 valence electrons. The summed E-state index contributed by atoms with van der Waals surface area (Å²) in [6.45, 7) is 6.06. The van der Waals surface area contributed by atoms with Gasteiger partial charge in [0.2, 0.25) is 0 Å². The van der Waals surface area contributed by atoms with E-state index >= 15 is 0 Å². The van der Waals surface area contributed by atoms with Crippen molar-refractivity contribution in [3.8, 4) is 0 Å². The van der Waals surface area contributed by atoms with E-state index in [9.17, 15) is 0 Å². The number of rotatable bonds is 12. The lowest BCUT2D eigenvalue weighted by Crippen LogP contribution is -1.95. The Morgan fingerprint density at radius 3 is 2.16 bits per heavy atom. The Hall–Kier alpha value is -1.05. The summed E-state index contributed by atoms with van der Waals surface area (Å²) < 4.78 is 2.02. The van der Waals surface area contributed by atoms with Gasteiger partial charge in [0.15, 0.2) is 0 Å². The van der Waals surface area contributed by atoms with Crippen molar-refractivity contribution in [2.75, 3.05) is 0 Å². The van der Waals surface area contributed by atoms with Crippen molar-refractivity contribution in [1.82, 2.24) is 9.55 Å². The van der Waals surface area contributed by atoms with Crippen molar-refractivity contribution >= 4 is 6.20 Å². The van der Waals surface area contributed by atoms with E-state index in [0.29, 0.717) is 0 Å². The molecular formula is C17H30N2. The van der Waals surface area contributed by atoms with Crippen LogP contribution in [0.5, 0.6) is 0 Å². The number of nitrogens with zero attached hydrogens (tertiary/aromatic N) is 2.